The molecule has 0 aliphatic rings. The van der Waals surface area contributed by atoms with Crippen LogP contribution in [0.1, 0.15) is 12.0 Å². The van der Waals surface area contributed by atoms with Gasteiger partial charge in [0.15, 0.2) is 0 Å². The summed E-state index contributed by atoms with van der Waals surface area (Å²) in [7, 11) is 3.19. The number of benzene rings is 1. The SMILES string of the molecule is COCCCOc1ccc(OC)cc1/C=C/C(=O)O. The zero-order chi connectivity index (χ0) is 14.1. The fourth-order valence-electron chi connectivity index (χ4n) is 1.46. The van der Waals surface area contributed by atoms with Crippen LogP contribution in [-0.2, 0) is 9.53 Å². The first kappa shape index (κ1) is 15.0. The van der Waals surface area contributed by atoms with Crippen molar-refractivity contribution in [3.63, 3.8) is 0 Å². The Hall–Kier alpha value is -2.01. The molecule has 0 aliphatic carbocycles. The van der Waals surface area contributed by atoms with E-state index in [1.807, 2.05) is 0 Å². The summed E-state index contributed by atoms with van der Waals surface area (Å²) in [5.74, 6) is 0.261. The van der Waals surface area contributed by atoms with E-state index in [9.17, 15) is 4.79 Å². The molecule has 0 aliphatic heterocycles. The summed E-state index contributed by atoms with van der Waals surface area (Å²) >= 11 is 0. The van der Waals surface area contributed by atoms with E-state index >= 15 is 0 Å². The monoisotopic (exact) mass is 266 g/mol. The van der Waals surface area contributed by atoms with Crippen molar-refractivity contribution in [1.29, 1.82) is 0 Å². The van der Waals surface area contributed by atoms with E-state index in [1.54, 1.807) is 32.4 Å². The molecule has 5 heteroatoms. The average molecular weight is 266 g/mol. The summed E-state index contributed by atoms with van der Waals surface area (Å²) in [6, 6.07) is 5.25. The summed E-state index contributed by atoms with van der Waals surface area (Å²) in [6.07, 6.45) is 3.32. The lowest BCUT2D eigenvalue weighted by molar-refractivity contribution is -0.131. The molecule has 0 bridgehead atoms. The van der Waals surface area contributed by atoms with E-state index in [2.05, 4.69) is 0 Å². The third-order valence-corrected chi connectivity index (χ3v) is 2.37. The molecule has 104 valence electrons. The van der Waals surface area contributed by atoms with Crippen LogP contribution in [-0.4, -0.2) is 38.5 Å². The maximum Gasteiger partial charge on any atom is 0.328 e. The second-order valence-electron chi connectivity index (χ2n) is 3.77. The third kappa shape index (κ3) is 5.44. The molecule has 0 heterocycles. The van der Waals surface area contributed by atoms with E-state index in [4.69, 9.17) is 19.3 Å². The van der Waals surface area contributed by atoms with Gasteiger partial charge < -0.3 is 19.3 Å². The van der Waals surface area contributed by atoms with E-state index in [1.165, 1.54) is 6.08 Å². The molecule has 5 nitrogen and oxygen atoms in total. The minimum Gasteiger partial charge on any atom is -0.497 e. The Balaban J connectivity index is 2.79. The molecular formula is C14H18O5. The van der Waals surface area contributed by atoms with Gasteiger partial charge in [-0.1, -0.05) is 0 Å². The molecule has 1 aromatic rings. The van der Waals surface area contributed by atoms with Crippen LogP contribution < -0.4 is 9.47 Å². The molecule has 0 fully saturated rings. The summed E-state index contributed by atoms with van der Waals surface area (Å²) in [6.45, 7) is 1.13. The first-order valence-electron chi connectivity index (χ1n) is 5.88. The minimum atomic E-state index is -1.01. The number of carboxylic acids is 1. The van der Waals surface area contributed by atoms with Gasteiger partial charge in [0.25, 0.3) is 0 Å². The Morgan fingerprint density at radius 1 is 1.32 bits per heavy atom. The molecule has 0 saturated heterocycles. The van der Waals surface area contributed by atoms with Crippen LogP contribution in [0.25, 0.3) is 6.08 Å². The zero-order valence-electron chi connectivity index (χ0n) is 11.1. The van der Waals surface area contributed by atoms with Gasteiger partial charge in [0, 0.05) is 31.8 Å². The fraction of sp³-hybridized carbons (Fsp3) is 0.357. The Kier molecular flexibility index (Phi) is 6.46. The van der Waals surface area contributed by atoms with Gasteiger partial charge in [0.05, 0.1) is 13.7 Å². The highest BCUT2D eigenvalue weighted by molar-refractivity contribution is 5.86. The molecule has 0 atom stereocenters. The summed E-state index contributed by atoms with van der Waals surface area (Å²) < 4.78 is 15.6. The van der Waals surface area contributed by atoms with Crippen LogP contribution in [0.4, 0.5) is 0 Å². The van der Waals surface area contributed by atoms with Gasteiger partial charge in [-0.25, -0.2) is 4.79 Å². The number of ether oxygens (including phenoxy) is 3. The second kappa shape index (κ2) is 8.16. The number of methoxy groups -OCH3 is 2. The molecule has 1 rings (SSSR count). The third-order valence-electron chi connectivity index (χ3n) is 2.37. The van der Waals surface area contributed by atoms with Crippen molar-refractivity contribution in [2.24, 2.45) is 0 Å². The lowest BCUT2D eigenvalue weighted by Crippen LogP contribution is -2.02. The predicted octanol–water partition coefficient (Wildman–Crippen LogP) is 2.21. The zero-order valence-corrected chi connectivity index (χ0v) is 11.1. The molecule has 0 aromatic heterocycles. The molecule has 0 spiro atoms. The normalized spacial score (nSPS) is 10.6. The largest absolute Gasteiger partial charge is 0.497 e. The van der Waals surface area contributed by atoms with Gasteiger partial charge in [0.1, 0.15) is 11.5 Å². The number of aliphatic carboxylic acids is 1. The molecule has 1 aromatic carbocycles. The topological polar surface area (TPSA) is 65.0 Å². The van der Waals surface area contributed by atoms with Crippen molar-refractivity contribution in [3.8, 4) is 11.5 Å². The Morgan fingerprint density at radius 2 is 2.11 bits per heavy atom. The quantitative estimate of drug-likeness (QED) is 0.577. The number of hydrogen-bond acceptors (Lipinski definition) is 4. The standard InChI is InChI=1S/C14H18O5/c1-17-8-3-9-19-13-6-5-12(18-2)10-11(13)4-7-14(15)16/h4-7,10H,3,8-9H2,1-2H3,(H,15,16)/b7-4+. The van der Waals surface area contributed by atoms with E-state index in [-0.39, 0.29) is 0 Å². The van der Waals surface area contributed by atoms with Crippen LogP contribution in [0.2, 0.25) is 0 Å². The minimum absolute atomic E-state index is 0.508. The Morgan fingerprint density at radius 3 is 2.74 bits per heavy atom. The highest BCUT2D eigenvalue weighted by atomic mass is 16.5. The van der Waals surface area contributed by atoms with Gasteiger partial charge in [-0.3, -0.25) is 0 Å². The van der Waals surface area contributed by atoms with Crippen LogP contribution in [0.5, 0.6) is 11.5 Å². The Bertz CT molecular complexity index is 439. The molecule has 1 N–H and O–H groups in total. The van der Waals surface area contributed by atoms with Crippen molar-refractivity contribution in [3.05, 3.63) is 29.8 Å². The van der Waals surface area contributed by atoms with Crippen LogP contribution in [0.3, 0.4) is 0 Å². The number of hydrogen-bond donors (Lipinski definition) is 1. The van der Waals surface area contributed by atoms with Gasteiger partial charge in [-0.15, -0.1) is 0 Å². The van der Waals surface area contributed by atoms with Crippen LogP contribution >= 0.6 is 0 Å². The molecule has 0 amide bonds. The summed E-state index contributed by atoms with van der Waals surface area (Å²) in [5.41, 5.74) is 0.666. The number of carboxylic acid groups (broad SMARTS) is 1. The lowest BCUT2D eigenvalue weighted by atomic mass is 10.1. The predicted molar refractivity (Wildman–Crippen MR) is 71.7 cm³/mol. The van der Waals surface area contributed by atoms with Crippen molar-refractivity contribution in [2.75, 3.05) is 27.4 Å². The van der Waals surface area contributed by atoms with Crippen LogP contribution in [0, 0.1) is 0 Å². The highest BCUT2D eigenvalue weighted by Gasteiger charge is 2.04. The second-order valence-corrected chi connectivity index (χ2v) is 3.77. The number of carbonyl (C=O) groups is 1. The van der Waals surface area contributed by atoms with Gasteiger partial charge in [0.2, 0.25) is 0 Å². The van der Waals surface area contributed by atoms with Gasteiger partial charge in [-0.05, 0) is 24.3 Å². The molecular weight excluding hydrogens is 248 g/mol. The van der Waals surface area contributed by atoms with Gasteiger partial charge >= 0.3 is 5.97 Å². The van der Waals surface area contributed by atoms with E-state index in [0.717, 1.165) is 12.5 Å². The summed E-state index contributed by atoms with van der Waals surface area (Å²) in [4.78, 5) is 10.6. The highest BCUT2D eigenvalue weighted by Crippen LogP contribution is 2.25. The van der Waals surface area contributed by atoms with E-state index < -0.39 is 5.97 Å². The number of rotatable bonds is 8. The fourth-order valence-corrected chi connectivity index (χ4v) is 1.46. The van der Waals surface area contributed by atoms with Crippen LogP contribution in [0.15, 0.2) is 24.3 Å². The molecule has 0 saturated carbocycles. The lowest BCUT2D eigenvalue weighted by Gasteiger charge is -2.10. The van der Waals surface area contributed by atoms with E-state index in [0.29, 0.717) is 30.3 Å². The van der Waals surface area contributed by atoms with Crippen molar-refractivity contribution >= 4 is 12.0 Å². The Labute approximate surface area is 112 Å². The first-order chi connectivity index (χ1) is 9.17. The molecule has 0 unspecified atom stereocenters. The van der Waals surface area contributed by atoms with Crippen molar-refractivity contribution < 1.29 is 24.1 Å². The van der Waals surface area contributed by atoms with Crippen molar-refractivity contribution in [1.82, 2.24) is 0 Å². The first-order valence-corrected chi connectivity index (χ1v) is 5.88. The molecule has 19 heavy (non-hydrogen) atoms. The maximum atomic E-state index is 10.6. The molecule has 0 radical (unpaired) electrons. The average Bonchev–Trinajstić information content (AvgIpc) is 2.42. The van der Waals surface area contributed by atoms with Gasteiger partial charge in [-0.2, -0.15) is 0 Å². The summed E-state index contributed by atoms with van der Waals surface area (Å²) in [5, 5.41) is 8.66. The maximum absolute atomic E-state index is 10.6. The van der Waals surface area contributed by atoms with Crippen molar-refractivity contribution in [2.45, 2.75) is 6.42 Å². The smallest absolute Gasteiger partial charge is 0.328 e.